The lowest BCUT2D eigenvalue weighted by atomic mass is 10.1. The summed E-state index contributed by atoms with van der Waals surface area (Å²) in [4.78, 5) is 0. The number of hydrogen-bond donors (Lipinski definition) is 2. The highest BCUT2D eigenvalue weighted by Crippen LogP contribution is 2.16. The summed E-state index contributed by atoms with van der Waals surface area (Å²) in [5.41, 5.74) is 1.02. The maximum atomic E-state index is 9.78. The third-order valence-electron chi connectivity index (χ3n) is 3.33. The van der Waals surface area contributed by atoms with Crippen LogP contribution in [0.2, 0.25) is 0 Å². The Bertz CT molecular complexity index is 350. The summed E-state index contributed by atoms with van der Waals surface area (Å²) in [5, 5.41) is 18.9. The third-order valence-corrected chi connectivity index (χ3v) is 3.33. The molecule has 0 heterocycles. The van der Waals surface area contributed by atoms with Crippen molar-refractivity contribution >= 4 is 0 Å². The van der Waals surface area contributed by atoms with Crippen LogP contribution in [0.1, 0.15) is 38.2 Å². The Morgan fingerprint density at radius 3 is 2.40 bits per heavy atom. The van der Waals surface area contributed by atoms with E-state index in [1.54, 1.807) is 7.11 Å². The molecular formula is C16H26O4. The number of aliphatic hydroxyl groups excluding tert-OH is 2. The molecule has 4 nitrogen and oxygen atoms in total. The number of methoxy groups -OCH3 is 1. The first-order valence-electron chi connectivity index (χ1n) is 7.24. The lowest BCUT2D eigenvalue weighted by molar-refractivity contribution is -0.0691. The number of hydrogen-bond acceptors (Lipinski definition) is 4. The van der Waals surface area contributed by atoms with Gasteiger partial charge in [-0.25, -0.2) is 0 Å². The molecule has 1 rings (SSSR count). The van der Waals surface area contributed by atoms with Crippen molar-refractivity contribution in [1.29, 1.82) is 0 Å². The smallest absolute Gasteiger partial charge is 0.118 e. The molecule has 2 atom stereocenters. The van der Waals surface area contributed by atoms with E-state index in [1.807, 2.05) is 24.3 Å². The average Bonchev–Trinajstić information content (AvgIpc) is 2.50. The zero-order valence-corrected chi connectivity index (χ0v) is 12.4. The fraction of sp³-hybridized carbons (Fsp3) is 0.625. The Hall–Kier alpha value is -1.10. The van der Waals surface area contributed by atoms with E-state index in [0.717, 1.165) is 37.0 Å². The number of ether oxygens (including phenoxy) is 2. The molecule has 20 heavy (non-hydrogen) atoms. The Morgan fingerprint density at radius 1 is 1.15 bits per heavy atom. The van der Waals surface area contributed by atoms with E-state index in [-0.39, 0.29) is 12.7 Å². The van der Waals surface area contributed by atoms with Gasteiger partial charge in [-0.2, -0.15) is 0 Å². The summed E-state index contributed by atoms with van der Waals surface area (Å²) in [6, 6.07) is 7.64. The fourth-order valence-corrected chi connectivity index (χ4v) is 2.02. The van der Waals surface area contributed by atoms with Crippen molar-refractivity contribution in [2.75, 3.05) is 13.7 Å². The first-order valence-corrected chi connectivity index (χ1v) is 7.24. The largest absolute Gasteiger partial charge is 0.497 e. The van der Waals surface area contributed by atoms with Crippen molar-refractivity contribution in [3.63, 3.8) is 0 Å². The van der Waals surface area contributed by atoms with Crippen molar-refractivity contribution in [3.8, 4) is 5.75 Å². The van der Waals surface area contributed by atoms with Gasteiger partial charge in [0.2, 0.25) is 0 Å². The Morgan fingerprint density at radius 2 is 1.85 bits per heavy atom. The predicted molar refractivity (Wildman–Crippen MR) is 78.8 cm³/mol. The van der Waals surface area contributed by atoms with Crippen LogP contribution >= 0.6 is 0 Å². The molecule has 0 saturated heterocycles. The SMILES string of the molecule is CCCCC[C@@H](OCc1ccc(OC)cc1)[C@@H](O)CO. The molecule has 0 aromatic heterocycles. The van der Waals surface area contributed by atoms with Gasteiger partial charge < -0.3 is 19.7 Å². The minimum atomic E-state index is -0.815. The molecule has 0 bridgehead atoms. The lowest BCUT2D eigenvalue weighted by Gasteiger charge is -2.22. The van der Waals surface area contributed by atoms with Gasteiger partial charge in [0, 0.05) is 0 Å². The van der Waals surface area contributed by atoms with Gasteiger partial charge in [-0.05, 0) is 24.1 Å². The Kier molecular flexibility index (Phi) is 8.26. The van der Waals surface area contributed by atoms with Crippen LogP contribution in [0.4, 0.5) is 0 Å². The van der Waals surface area contributed by atoms with Gasteiger partial charge >= 0.3 is 0 Å². The first-order chi connectivity index (χ1) is 9.71. The maximum absolute atomic E-state index is 9.78. The van der Waals surface area contributed by atoms with Crippen molar-refractivity contribution in [3.05, 3.63) is 29.8 Å². The zero-order valence-electron chi connectivity index (χ0n) is 12.4. The van der Waals surface area contributed by atoms with Crippen molar-refractivity contribution < 1.29 is 19.7 Å². The Balaban J connectivity index is 2.46. The highest BCUT2D eigenvalue weighted by molar-refractivity contribution is 5.26. The van der Waals surface area contributed by atoms with Crippen molar-refractivity contribution in [2.24, 2.45) is 0 Å². The molecule has 1 aromatic carbocycles. The normalized spacial score (nSPS) is 14.0. The van der Waals surface area contributed by atoms with E-state index in [2.05, 4.69) is 6.92 Å². The van der Waals surface area contributed by atoms with E-state index in [4.69, 9.17) is 14.6 Å². The molecule has 114 valence electrons. The minimum absolute atomic E-state index is 0.264. The van der Waals surface area contributed by atoms with Crippen LogP contribution in [0.25, 0.3) is 0 Å². The number of benzene rings is 1. The summed E-state index contributed by atoms with van der Waals surface area (Å²) in [6.45, 7) is 2.30. The van der Waals surface area contributed by atoms with Gasteiger partial charge in [0.05, 0.1) is 26.4 Å². The fourth-order valence-electron chi connectivity index (χ4n) is 2.02. The molecule has 0 aliphatic carbocycles. The lowest BCUT2D eigenvalue weighted by Crippen LogP contribution is -2.32. The highest BCUT2D eigenvalue weighted by Gasteiger charge is 2.18. The molecule has 1 aromatic rings. The Labute approximate surface area is 121 Å². The monoisotopic (exact) mass is 282 g/mol. The van der Waals surface area contributed by atoms with E-state index >= 15 is 0 Å². The molecule has 0 unspecified atom stereocenters. The molecule has 0 radical (unpaired) electrons. The summed E-state index contributed by atoms with van der Waals surface area (Å²) < 4.78 is 10.9. The van der Waals surface area contributed by atoms with Gasteiger partial charge in [-0.3, -0.25) is 0 Å². The molecule has 0 aliphatic heterocycles. The predicted octanol–water partition coefficient (Wildman–Crippen LogP) is 2.51. The van der Waals surface area contributed by atoms with Gasteiger partial charge in [0.1, 0.15) is 11.9 Å². The van der Waals surface area contributed by atoms with E-state index < -0.39 is 6.10 Å². The van der Waals surface area contributed by atoms with Crippen molar-refractivity contribution in [1.82, 2.24) is 0 Å². The standard InChI is InChI=1S/C16H26O4/c1-3-4-5-6-16(15(18)11-17)20-12-13-7-9-14(19-2)10-8-13/h7-10,15-18H,3-6,11-12H2,1-2H3/t15-,16+/m0/s1. The van der Waals surface area contributed by atoms with Gasteiger partial charge in [0.15, 0.2) is 0 Å². The number of rotatable bonds is 10. The highest BCUT2D eigenvalue weighted by atomic mass is 16.5. The summed E-state index contributed by atoms with van der Waals surface area (Å²) in [7, 11) is 1.63. The third kappa shape index (κ3) is 5.90. The van der Waals surface area contributed by atoms with Crippen LogP contribution in [0.15, 0.2) is 24.3 Å². The molecule has 0 fully saturated rings. The average molecular weight is 282 g/mol. The second-order valence-electron chi connectivity index (χ2n) is 4.94. The number of unbranched alkanes of at least 4 members (excludes halogenated alkanes) is 2. The quantitative estimate of drug-likeness (QED) is 0.647. The summed E-state index contributed by atoms with van der Waals surface area (Å²) in [6.07, 6.45) is 2.88. The minimum Gasteiger partial charge on any atom is -0.497 e. The zero-order chi connectivity index (χ0) is 14.8. The summed E-state index contributed by atoms with van der Waals surface area (Å²) in [5.74, 6) is 0.809. The molecule has 0 saturated carbocycles. The summed E-state index contributed by atoms with van der Waals surface area (Å²) >= 11 is 0. The van der Waals surface area contributed by atoms with Gasteiger partial charge in [-0.1, -0.05) is 38.3 Å². The van der Waals surface area contributed by atoms with Crippen LogP contribution in [0.3, 0.4) is 0 Å². The molecule has 0 aliphatic rings. The molecule has 0 amide bonds. The molecule has 2 N–H and O–H groups in total. The first kappa shape index (κ1) is 17.0. The molecular weight excluding hydrogens is 256 g/mol. The van der Waals surface area contributed by atoms with Gasteiger partial charge in [0.25, 0.3) is 0 Å². The van der Waals surface area contributed by atoms with Crippen LogP contribution in [0, 0.1) is 0 Å². The van der Waals surface area contributed by atoms with Crippen molar-refractivity contribution in [2.45, 2.75) is 51.4 Å². The second-order valence-corrected chi connectivity index (χ2v) is 4.94. The van der Waals surface area contributed by atoms with Gasteiger partial charge in [-0.15, -0.1) is 0 Å². The molecule has 4 heteroatoms. The van der Waals surface area contributed by atoms with Crippen LogP contribution in [-0.4, -0.2) is 36.1 Å². The topological polar surface area (TPSA) is 58.9 Å². The second kappa shape index (κ2) is 9.75. The van der Waals surface area contributed by atoms with Crippen LogP contribution in [0.5, 0.6) is 5.75 Å². The van der Waals surface area contributed by atoms with E-state index in [9.17, 15) is 5.11 Å². The number of aliphatic hydroxyl groups is 2. The molecule has 0 spiro atoms. The van der Waals surface area contributed by atoms with Crippen LogP contribution < -0.4 is 4.74 Å². The van der Waals surface area contributed by atoms with Crippen LogP contribution in [-0.2, 0) is 11.3 Å². The maximum Gasteiger partial charge on any atom is 0.118 e. The van der Waals surface area contributed by atoms with E-state index in [1.165, 1.54) is 0 Å². The van der Waals surface area contributed by atoms with E-state index in [0.29, 0.717) is 6.61 Å².